The summed E-state index contributed by atoms with van der Waals surface area (Å²) >= 11 is 0. The lowest BCUT2D eigenvalue weighted by Gasteiger charge is -2.39. The van der Waals surface area contributed by atoms with Gasteiger partial charge >= 0.3 is 5.97 Å². The molecule has 1 unspecified atom stereocenters. The van der Waals surface area contributed by atoms with E-state index in [4.69, 9.17) is 4.74 Å². The van der Waals surface area contributed by atoms with Gasteiger partial charge in [0.15, 0.2) is 0 Å². The van der Waals surface area contributed by atoms with Crippen molar-refractivity contribution in [2.24, 2.45) is 23.7 Å². The number of amides is 4. The Kier molecular flexibility index (Phi) is 17.5. The average molecular weight is 718 g/mol. The van der Waals surface area contributed by atoms with Crippen LogP contribution < -0.4 is 16.0 Å². The van der Waals surface area contributed by atoms with E-state index >= 15 is 0 Å². The quantitative estimate of drug-likeness (QED) is 0.134. The summed E-state index contributed by atoms with van der Waals surface area (Å²) < 4.78 is 4.91. The summed E-state index contributed by atoms with van der Waals surface area (Å²) in [6.07, 6.45) is -0.880. The van der Waals surface area contributed by atoms with Crippen molar-refractivity contribution in [3.63, 3.8) is 0 Å². The number of nitrogens with one attached hydrogen (secondary N) is 3. The van der Waals surface area contributed by atoms with Crippen LogP contribution in [0.5, 0.6) is 0 Å². The van der Waals surface area contributed by atoms with Gasteiger partial charge in [0.1, 0.15) is 12.1 Å². The van der Waals surface area contributed by atoms with Crippen molar-refractivity contribution in [2.45, 2.75) is 123 Å². The second-order valence-corrected chi connectivity index (χ2v) is 14.7. The van der Waals surface area contributed by atoms with Gasteiger partial charge in [-0.1, -0.05) is 85.2 Å². The predicted molar refractivity (Wildman–Crippen MR) is 195 cm³/mol. The van der Waals surface area contributed by atoms with Crippen LogP contribution in [0.4, 0.5) is 0 Å². The molecule has 13 nitrogen and oxygen atoms in total. The Morgan fingerprint density at radius 1 is 0.941 bits per heavy atom. The van der Waals surface area contributed by atoms with Crippen LogP contribution in [0.15, 0.2) is 30.3 Å². The number of rotatable bonds is 19. The van der Waals surface area contributed by atoms with Crippen molar-refractivity contribution in [3.8, 4) is 0 Å². The van der Waals surface area contributed by atoms with Gasteiger partial charge in [-0.05, 0) is 43.2 Å². The zero-order chi connectivity index (χ0) is 38.6. The van der Waals surface area contributed by atoms with E-state index in [2.05, 4.69) is 16.0 Å². The van der Waals surface area contributed by atoms with Gasteiger partial charge in [0, 0.05) is 20.0 Å². The molecule has 0 spiro atoms. The van der Waals surface area contributed by atoms with Crippen LogP contribution in [0.2, 0.25) is 0 Å². The van der Waals surface area contributed by atoms with Crippen molar-refractivity contribution in [1.82, 2.24) is 25.8 Å². The van der Waals surface area contributed by atoms with E-state index in [1.807, 2.05) is 71.9 Å². The largest absolute Gasteiger partial charge is 0.467 e. The van der Waals surface area contributed by atoms with E-state index in [9.17, 15) is 34.2 Å². The Morgan fingerprint density at radius 3 is 2.08 bits per heavy atom. The normalized spacial score (nSPS) is 19.3. The molecule has 0 aromatic heterocycles. The molecule has 288 valence electrons. The zero-order valence-corrected chi connectivity index (χ0v) is 32.2. The van der Waals surface area contributed by atoms with Crippen LogP contribution in [-0.2, 0) is 35.1 Å². The Bertz CT molecular complexity index is 1290. The third-order valence-corrected chi connectivity index (χ3v) is 10.3. The van der Waals surface area contributed by atoms with Crippen LogP contribution >= 0.6 is 0 Å². The van der Waals surface area contributed by atoms with Crippen LogP contribution in [0, 0.1) is 23.7 Å². The number of aliphatic hydroxyl groups is 2. The van der Waals surface area contributed by atoms with Crippen molar-refractivity contribution in [2.75, 3.05) is 27.7 Å². The van der Waals surface area contributed by atoms with E-state index in [0.717, 1.165) is 5.56 Å². The molecule has 2 rings (SSSR count). The third kappa shape index (κ3) is 11.7. The van der Waals surface area contributed by atoms with Crippen molar-refractivity contribution in [1.29, 1.82) is 0 Å². The number of carbonyl (C=O) groups is 5. The second-order valence-electron chi connectivity index (χ2n) is 14.7. The number of methoxy groups -OCH3 is 1. The number of esters is 1. The molecule has 0 radical (unpaired) electrons. The molecule has 13 heteroatoms. The summed E-state index contributed by atoms with van der Waals surface area (Å²) in [6.45, 7) is 13.3. The summed E-state index contributed by atoms with van der Waals surface area (Å²) in [5.41, 5.74) is 0.827. The molecule has 0 aliphatic carbocycles. The van der Waals surface area contributed by atoms with Crippen LogP contribution in [0.25, 0.3) is 0 Å². The minimum atomic E-state index is -1.24. The van der Waals surface area contributed by atoms with E-state index in [-0.39, 0.29) is 42.4 Å². The average Bonchev–Trinajstić information content (AvgIpc) is 3.59. The minimum absolute atomic E-state index is 0.00180. The van der Waals surface area contributed by atoms with E-state index < -0.39 is 66.1 Å². The maximum Gasteiger partial charge on any atom is 0.328 e. The number of benzene rings is 1. The highest BCUT2D eigenvalue weighted by atomic mass is 16.5. The topological polar surface area (TPSA) is 178 Å². The summed E-state index contributed by atoms with van der Waals surface area (Å²) in [5, 5.41) is 31.6. The number of carbonyl (C=O) groups excluding carboxylic acids is 5. The molecule has 1 aromatic rings. The molecule has 1 heterocycles. The smallest absolute Gasteiger partial charge is 0.328 e. The fraction of sp³-hybridized carbons (Fsp3) is 0.711. The molecule has 1 aliphatic rings. The molecule has 4 amide bonds. The number of ether oxygens (including phenoxy) is 1. The van der Waals surface area contributed by atoms with Gasteiger partial charge in [-0.15, -0.1) is 0 Å². The van der Waals surface area contributed by atoms with Crippen LogP contribution in [-0.4, -0.2) is 120 Å². The van der Waals surface area contributed by atoms with Crippen LogP contribution in [0.1, 0.15) is 79.7 Å². The Hall–Kier alpha value is -3.55. The first-order valence-corrected chi connectivity index (χ1v) is 18.3. The summed E-state index contributed by atoms with van der Waals surface area (Å²) in [5.74, 6) is -3.60. The Morgan fingerprint density at radius 2 is 1.55 bits per heavy atom. The molecule has 1 fully saturated rings. The first-order chi connectivity index (χ1) is 24.0. The first kappa shape index (κ1) is 43.6. The van der Waals surface area contributed by atoms with Crippen molar-refractivity contribution >= 4 is 29.6 Å². The predicted octanol–water partition coefficient (Wildman–Crippen LogP) is 1.88. The monoisotopic (exact) mass is 717 g/mol. The summed E-state index contributed by atoms with van der Waals surface area (Å²) in [7, 11) is 4.53. The second kappa shape index (κ2) is 20.5. The third-order valence-electron chi connectivity index (χ3n) is 10.3. The SMILES string of the molecule is CC[C@H](C)[C@@H]([C@H](O)CC(=O)N1CCC[C@H]1[C@H](O)[C@@H](C)C(=O)NC(Cc1ccccc1)C(=O)OC)N(C)C(=O)[C@@H](NC(=O)[C@@H](NC)C(C)C)C(C)C. The lowest BCUT2D eigenvalue weighted by molar-refractivity contribution is -0.147. The lowest BCUT2D eigenvalue weighted by Crippen LogP contribution is -2.59. The standard InChI is InChI=1S/C38H63N5O8/c1-11-24(6)33(42(9)37(49)32(23(4)5)41-36(48)31(39-8)22(2)3)29(44)21-30(45)43-19-15-18-28(43)34(46)25(7)35(47)40-27(38(50)51-10)20-26-16-13-12-14-17-26/h12-14,16-17,22-25,27-29,31-34,39,44,46H,11,15,18-21H2,1-10H3,(H,40,47)(H,41,48)/t24-,25+,27?,28-,29+,31-,32-,33-,34+/m0/s1. The Labute approximate surface area is 304 Å². The van der Waals surface area contributed by atoms with Crippen LogP contribution in [0.3, 0.4) is 0 Å². The molecule has 0 saturated carbocycles. The molecule has 0 bridgehead atoms. The number of likely N-dealkylation sites (N-methyl/N-ethyl adjacent to an activating group) is 2. The van der Waals surface area contributed by atoms with Gasteiger partial charge in [-0.25, -0.2) is 4.79 Å². The molecule has 1 aliphatic heterocycles. The molecule has 9 atom stereocenters. The molecule has 1 aromatic carbocycles. The maximum absolute atomic E-state index is 13.9. The lowest BCUT2D eigenvalue weighted by atomic mass is 9.89. The first-order valence-electron chi connectivity index (χ1n) is 18.3. The van der Waals surface area contributed by atoms with Gasteiger partial charge in [-0.3, -0.25) is 19.2 Å². The highest BCUT2D eigenvalue weighted by Crippen LogP contribution is 2.28. The van der Waals surface area contributed by atoms with Crippen molar-refractivity contribution in [3.05, 3.63) is 35.9 Å². The number of likely N-dealkylation sites (tertiary alicyclic amines) is 1. The van der Waals surface area contributed by atoms with Gasteiger partial charge in [-0.2, -0.15) is 0 Å². The number of hydrogen-bond acceptors (Lipinski definition) is 9. The fourth-order valence-corrected chi connectivity index (χ4v) is 7.00. The van der Waals surface area contributed by atoms with Crippen molar-refractivity contribution < 1.29 is 38.9 Å². The summed E-state index contributed by atoms with van der Waals surface area (Å²) in [4.78, 5) is 69.6. The molecule has 5 N–H and O–H groups in total. The minimum Gasteiger partial charge on any atom is -0.467 e. The molecule has 51 heavy (non-hydrogen) atoms. The summed E-state index contributed by atoms with van der Waals surface area (Å²) in [6, 6.07) is 5.48. The van der Waals surface area contributed by atoms with Gasteiger partial charge in [0.05, 0.1) is 49.8 Å². The Balaban J connectivity index is 2.18. The number of hydrogen-bond donors (Lipinski definition) is 5. The highest BCUT2D eigenvalue weighted by Gasteiger charge is 2.42. The van der Waals surface area contributed by atoms with E-state index in [1.165, 1.54) is 16.9 Å². The maximum atomic E-state index is 13.9. The molecular weight excluding hydrogens is 654 g/mol. The highest BCUT2D eigenvalue weighted by molar-refractivity contribution is 5.90. The van der Waals surface area contributed by atoms with Gasteiger partial charge in [0.25, 0.3) is 0 Å². The molecule has 1 saturated heterocycles. The molecular formula is C38H63N5O8. The fourth-order valence-electron chi connectivity index (χ4n) is 7.00. The number of nitrogens with zero attached hydrogens (tertiary/aromatic N) is 2. The zero-order valence-electron chi connectivity index (χ0n) is 32.2. The van der Waals surface area contributed by atoms with E-state index in [0.29, 0.717) is 25.8 Å². The van der Waals surface area contributed by atoms with Gasteiger partial charge in [0.2, 0.25) is 23.6 Å². The van der Waals surface area contributed by atoms with Gasteiger partial charge < -0.3 is 40.7 Å². The van der Waals surface area contributed by atoms with E-state index in [1.54, 1.807) is 21.0 Å². The number of aliphatic hydroxyl groups excluding tert-OH is 2.